The maximum Gasteiger partial charge on any atom is 0.221 e. The molecule has 0 aliphatic rings. The van der Waals surface area contributed by atoms with E-state index in [1.165, 1.54) is 0 Å². The Balaban J connectivity index is 2.51. The quantitative estimate of drug-likeness (QED) is 0.221. The Morgan fingerprint density at radius 2 is 1.13 bits per heavy atom. The van der Waals surface area contributed by atoms with Gasteiger partial charge in [-0.25, -0.2) is 39.5 Å². The summed E-state index contributed by atoms with van der Waals surface area (Å²) in [5.74, 6) is -21.0. The van der Waals surface area contributed by atoms with Crippen molar-refractivity contribution in [2.75, 3.05) is 12.3 Å². The van der Waals surface area contributed by atoms with Crippen LogP contribution in [0.4, 0.5) is 39.5 Å². The van der Waals surface area contributed by atoms with Gasteiger partial charge in [-0.3, -0.25) is 4.79 Å². The molecule has 160 valence electrons. The van der Waals surface area contributed by atoms with Crippen molar-refractivity contribution in [2.24, 2.45) is 0 Å². The second-order valence-electron chi connectivity index (χ2n) is 5.48. The predicted molar refractivity (Wildman–Crippen MR) is 88.7 cm³/mol. The fraction of sp³-hybridized carbons (Fsp3) is 0.167. The molecule has 0 saturated heterocycles. The second kappa shape index (κ2) is 9.34. The highest BCUT2D eigenvalue weighted by Gasteiger charge is 2.34. The van der Waals surface area contributed by atoms with Crippen LogP contribution in [0.15, 0.2) is 4.90 Å². The normalized spacial score (nSPS) is 10.8. The fourth-order valence-corrected chi connectivity index (χ4v) is 3.19. The first-order valence-electron chi connectivity index (χ1n) is 7.75. The van der Waals surface area contributed by atoms with Crippen molar-refractivity contribution >= 4 is 17.7 Å². The van der Waals surface area contributed by atoms with E-state index in [-0.39, 0.29) is 30.5 Å². The van der Waals surface area contributed by atoms with Crippen LogP contribution < -0.4 is 5.32 Å². The molecule has 1 amide bonds. The lowest BCUT2D eigenvalue weighted by atomic mass is 10.0. The first-order chi connectivity index (χ1) is 14.0. The van der Waals surface area contributed by atoms with E-state index in [2.05, 4.69) is 11.2 Å². The molecular formula is C18H8F9NOS. The highest BCUT2D eigenvalue weighted by atomic mass is 32.2. The van der Waals surface area contributed by atoms with Crippen LogP contribution in [-0.2, 0) is 4.79 Å². The lowest BCUT2D eigenvalue weighted by Gasteiger charge is -2.14. The molecule has 2 rings (SSSR count). The molecule has 0 saturated carbocycles. The third-order valence-corrected chi connectivity index (χ3v) is 4.70. The summed E-state index contributed by atoms with van der Waals surface area (Å²) < 4.78 is 124. The van der Waals surface area contributed by atoms with Gasteiger partial charge < -0.3 is 5.32 Å². The van der Waals surface area contributed by atoms with Gasteiger partial charge in [0.1, 0.15) is 0 Å². The molecule has 2 aromatic carbocycles. The molecule has 12 heteroatoms. The number of nitrogens with one attached hydrogen (secondary N) is 1. The Morgan fingerprint density at radius 3 is 1.57 bits per heavy atom. The molecule has 2 nitrogen and oxygen atoms in total. The van der Waals surface area contributed by atoms with Gasteiger partial charge in [0, 0.05) is 12.2 Å². The summed E-state index contributed by atoms with van der Waals surface area (Å²) in [6.07, 6.45) is 4.54. The number of amides is 1. The highest BCUT2D eigenvalue weighted by Crippen LogP contribution is 2.40. The minimum Gasteiger partial charge on any atom is -0.345 e. The number of thioether (sulfide) groups is 1. The Kier molecular flexibility index (Phi) is 7.30. The minimum atomic E-state index is -2.64. The number of halogens is 9. The summed E-state index contributed by atoms with van der Waals surface area (Å²) in [6.45, 7) is -0.133. The van der Waals surface area contributed by atoms with E-state index in [1.807, 2.05) is 0 Å². The standard InChI is InChI=1S/C18H8F9NOS/c1-2-4-28-6(29)3-5-30-18-16(26)11(21)8(12(22)17(18)27)7-9(19)13(23)15(25)14(24)10(7)20/h1H,3-5H2,(H,28,29). The minimum absolute atomic E-state index is 0.133. The van der Waals surface area contributed by atoms with Crippen LogP contribution in [0, 0.1) is 64.7 Å². The van der Waals surface area contributed by atoms with Crippen molar-refractivity contribution in [3.63, 3.8) is 0 Å². The van der Waals surface area contributed by atoms with Gasteiger partial charge in [0.05, 0.1) is 22.6 Å². The number of hydrogen-bond donors (Lipinski definition) is 1. The molecule has 0 unspecified atom stereocenters. The fourth-order valence-electron chi connectivity index (χ4n) is 2.27. The van der Waals surface area contributed by atoms with Gasteiger partial charge in [0.2, 0.25) is 11.7 Å². The van der Waals surface area contributed by atoms with Crippen LogP contribution in [0.3, 0.4) is 0 Å². The van der Waals surface area contributed by atoms with Gasteiger partial charge in [-0.1, -0.05) is 5.92 Å². The first-order valence-corrected chi connectivity index (χ1v) is 8.73. The van der Waals surface area contributed by atoms with E-state index in [1.54, 1.807) is 0 Å². The lowest BCUT2D eigenvalue weighted by molar-refractivity contribution is -0.120. The summed E-state index contributed by atoms with van der Waals surface area (Å²) in [7, 11) is 0. The molecule has 0 heterocycles. The first kappa shape index (κ1) is 23.5. The van der Waals surface area contributed by atoms with Crippen LogP contribution in [0.2, 0.25) is 0 Å². The summed E-state index contributed by atoms with van der Waals surface area (Å²) in [5.41, 5.74) is -4.27. The van der Waals surface area contributed by atoms with Crippen LogP contribution in [0.1, 0.15) is 6.42 Å². The van der Waals surface area contributed by atoms with Crippen molar-refractivity contribution in [1.29, 1.82) is 0 Å². The van der Waals surface area contributed by atoms with E-state index < -0.39 is 74.3 Å². The molecule has 0 aromatic heterocycles. The van der Waals surface area contributed by atoms with E-state index in [0.29, 0.717) is 0 Å². The van der Waals surface area contributed by atoms with Gasteiger partial charge in [0.15, 0.2) is 46.5 Å². The topological polar surface area (TPSA) is 29.1 Å². The third kappa shape index (κ3) is 4.21. The second-order valence-corrected chi connectivity index (χ2v) is 6.59. The third-order valence-electron chi connectivity index (χ3n) is 3.65. The maximum absolute atomic E-state index is 14.3. The van der Waals surface area contributed by atoms with Crippen molar-refractivity contribution in [1.82, 2.24) is 5.32 Å². The molecule has 0 fully saturated rings. The molecule has 30 heavy (non-hydrogen) atoms. The Bertz CT molecular complexity index is 1010. The number of rotatable bonds is 6. The SMILES string of the molecule is C#CCNC(=O)CCSc1c(F)c(F)c(-c2c(F)c(F)c(F)c(F)c2F)c(F)c1F. The van der Waals surface area contributed by atoms with Crippen LogP contribution in [-0.4, -0.2) is 18.2 Å². The summed E-state index contributed by atoms with van der Waals surface area (Å²) >= 11 is 0.147. The summed E-state index contributed by atoms with van der Waals surface area (Å²) in [6, 6.07) is 0. The maximum atomic E-state index is 14.3. The van der Waals surface area contributed by atoms with Crippen molar-refractivity contribution in [3.8, 4) is 23.5 Å². The molecule has 0 bridgehead atoms. The number of carbonyl (C=O) groups is 1. The molecule has 0 aliphatic carbocycles. The van der Waals surface area contributed by atoms with E-state index in [0.717, 1.165) is 0 Å². The van der Waals surface area contributed by atoms with E-state index in [4.69, 9.17) is 6.42 Å². The zero-order valence-electron chi connectivity index (χ0n) is 14.4. The molecule has 1 N–H and O–H groups in total. The van der Waals surface area contributed by atoms with Gasteiger partial charge in [-0.2, -0.15) is 0 Å². The van der Waals surface area contributed by atoms with Gasteiger partial charge >= 0.3 is 0 Å². The van der Waals surface area contributed by atoms with Gasteiger partial charge in [-0.05, 0) is 0 Å². The Morgan fingerprint density at radius 1 is 0.733 bits per heavy atom. The number of terminal acetylenes is 1. The number of hydrogen-bond acceptors (Lipinski definition) is 2. The molecule has 0 radical (unpaired) electrons. The van der Waals surface area contributed by atoms with Crippen molar-refractivity contribution in [3.05, 3.63) is 52.4 Å². The van der Waals surface area contributed by atoms with Crippen LogP contribution in [0.25, 0.3) is 11.1 Å². The van der Waals surface area contributed by atoms with Crippen molar-refractivity contribution in [2.45, 2.75) is 11.3 Å². The monoisotopic (exact) mass is 457 g/mol. The van der Waals surface area contributed by atoms with E-state index in [9.17, 15) is 44.3 Å². The average molecular weight is 457 g/mol. The Hall–Kier alpha value is -2.81. The van der Waals surface area contributed by atoms with Gasteiger partial charge in [0.25, 0.3) is 0 Å². The van der Waals surface area contributed by atoms with Crippen molar-refractivity contribution < 1.29 is 44.3 Å². The molecular weight excluding hydrogens is 449 g/mol. The van der Waals surface area contributed by atoms with Gasteiger partial charge in [-0.15, -0.1) is 18.2 Å². The molecule has 2 aromatic rings. The largest absolute Gasteiger partial charge is 0.345 e. The Labute approximate surface area is 167 Å². The predicted octanol–water partition coefficient (Wildman–Crippen LogP) is 4.84. The molecule has 0 aliphatic heterocycles. The zero-order valence-corrected chi connectivity index (χ0v) is 15.2. The number of carbonyl (C=O) groups excluding carboxylic acids is 1. The number of benzene rings is 2. The summed E-state index contributed by atoms with van der Waals surface area (Å²) in [5, 5.41) is 2.22. The zero-order chi connectivity index (χ0) is 22.7. The van der Waals surface area contributed by atoms with E-state index >= 15 is 0 Å². The lowest BCUT2D eigenvalue weighted by Crippen LogP contribution is -2.23. The highest BCUT2D eigenvalue weighted by molar-refractivity contribution is 7.99. The van der Waals surface area contributed by atoms with Crippen LogP contribution >= 0.6 is 11.8 Å². The van der Waals surface area contributed by atoms with Crippen LogP contribution in [0.5, 0.6) is 0 Å². The smallest absolute Gasteiger partial charge is 0.221 e. The average Bonchev–Trinajstić information content (AvgIpc) is 2.72. The summed E-state index contributed by atoms with van der Waals surface area (Å²) in [4.78, 5) is 10.1. The molecule has 0 spiro atoms. The molecule has 0 atom stereocenters.